The molecule has 0 radical (unpaired) electrons. The largest absolute Gasteiger partial charge is 0.367 e. The molecule has 1 aliphatic heterocycles. The second-order valence-corrected chi connectivity index (χ2v) is 6.03. The van der Waals surface area contributed by atoms with E-state index in [0.29, 0.717) is 6.04 Å². The number of rotatable bonds is 4. The van der Waals surface area contributed by atoms with Crippen molar-refractivity contribution in [3.05, 3.63) is 48.4 Å². The van der Waals surface area contributed by atoms with Gasteiger partial charge in [0.05, 0.1) is 11.6 Å². The summed E-state index contributed by atoms with van der Waals surface area (Å²) in [5.74, 6) is 0.880. The van der Waals surface area contributed by atoms with Crippen molar-refractivity contribution in [1.29, 1.82) is 0 Å². The number of likely N-dealkylation sites (tertiary alicyclic amines) is 1. The van der Waals surface area contributed by atoms with Crippen LogP contribution in [0.2, 0.25) is 0 Å². The maximum Gasteiger partial charge on any atom is 0.160 e. The minimum atomic E-state index is 0.454. The number of aromatic amines is 1. The van der Waals surface area contributed by atoms with Crippen molar-refractivity contribution in [3.8, 4) is 0 Å². The number of aromatic nitrogens is 4. The minimum Gasteiger partial charge on any atom is -0.367 e. The predicted octanol–water partition coefficient (Wildman–Crippen LogP) is 2.43. The zero-order valence-corrected chi connectivity index (χ0v) is 12.9. The summed E-state index contributed by atoms with van der Waals surface area (Å²) in [6, 6.07) is 11.1. The Morgan fingerprint density at radius 2 is 1.96 bits per heavy atom. The highest BCUT2D eigenvalue weighted by molar-refractivity contribution is 5.85. The van der Waals surface area contributed by atoms with Gasteiger partial charge in [0, 0.05) is 25.7 Å². The van der Waals surface area contributed by atoms with Crippen LogP contribution >= 0.6 is 0 Å². The molecule has 4 rings (SSSR count). The summed E-state index contributed by atoms with van der Waals surface area (Å²) >= 11 is 0. The van der Waals surface area contributed by atoms with E-state index in [9.17, 15) is 0 Å². The number of nitrogens with one attached hydrogen (secondary N) is 2. The van der Waals surface area contributed by atoms with Crippen LogP contribution in [-0.4, -0.2) is 44.2 Å². The minimum absolute atomic E-state index is 0.454. The maximum absolute atomic E-state index is 4.36. The van der Waals surface area contributed by atoms with Crippen LogP contribution in [0.4, 0.5) is 5.82 Å². The molecule has 6 nitrogen and oxygen atoms in total. The van der Waals surface area contributed by atoms with Crippen LogP contribution in [0.3, 0.4) is 0 Å². The van der Waals surface area contributed by atoms with Crippen molar-refractivity contribution >= 4 is 16.9 Å². The number of H-pyrrole nitrogens is 1. The second-order valence-electron chi connectivity index (χ2n) is 6.03. The summed E-state index contributed by atoms with van der Waals surface area (Å²) in [6.45, 7) is 3.24. The maximum atomic E-state index is 4.36. The Morgan fingerprint density at radius 1 is 1.13 bits per heavy atom. The Labute approximate surface area is 135 Å². The number of piperidine rings is 1. The average molecular weight is 308 g/mol. The molecule has 0 spiro atoms. The highest BCUT2D eigenvalue weighted by Crippen LogP contribution is 2.21. The lowest BCUT2D eigenvalue weighted by atomic mass is 10.0. The first-order valence-electron chi connectivity index (χ1n) is 8.05. The number of hydrogen-bond donors (Lipinski definition) is 2. The van der Waals surface area contributed by atoms with E-state index < -0.39 is 0 Å². The van der Waals surface area contributed by atoms with Gasteiger partial charge in [-0.3, -0.25) is 10.00 Å². The summed E-state index contributed by atoms with van der Waals surface area (Å²) < 4.78 is 0. The van der Waals surface area contributed by atoms with Crippen molar-refractivity contribution in [3.63, 3.8) is 0 Å². The number of hydrogen-bond acceptors (Lipinski definition) is 5. The van der Waals surface area contributed by atoms with Crippen molar-refractivity contribution in [2.24, 2.45) is 0 Å². The fourth-order valence-electron chi connectivity index (χ4n) is 3.15. The fraction of sp³-hybridized carbons (Fsp3) is 0.353. The van der Waals surface area contributed by atoms with Crippen LogP contribution in [0.1, 0.15) is 18.4 Å². The van der Waals surface area contributed by atoms with E-state index in [0.717, 1.165) is 49.3 Å². The summed E-state index contributed by atoms with van der Waals surface area (Å²) in [7, 11) is 0. The Balaban J connectivity index is 1.36. The van der Waals surface area contributed by atoms with Gasteiger partial charge in [-0.05, 0) is 18.4 Å². The van der Waals surface area contributed by atoms with Gasteiger partial charge in [0.1, 0.15) is 12.1 Å². The molecule has 1 aliphatic rings. The van der Waals surface area contributed by atoms with E-state index in [4.69, 9.17) is 0 Å². The molecule has 0 aliphatic carbocycles. The molecule has 118 valence electrons. The Kier molecular flexibility index (Phi) is 3.90. The lowest BCUT2D eigenvalue weighted by molar-refractivity contribution is 0.211. The van der Waals surface area contributed by atoms with Gasteiger partial charge in [-0.2, -0.15) is 5.10 Å². The van der Waals surface area contributed by atoms with Gasteiger partial charge in [-0.1, -0.05) is 30.3 Å². The number of benzene rings is 1. The predicted molar refractivity (Wildman–Crippen MR) is 90.0 cm³/mol. The van der Waals surface area contributed by atoms with Crippen molar-refractivity contribution in [2.75, 3.05) is 18.4 Å². The summed E-state index contributed by atoms with van der Waals surface area (Å²) in [5, 5.41) is 11.4. The third-order valence-electron chi connectivity index (χ3n) is 4.43. The number of fused-ring (bicyclic) bond motifs is 1. The molecular weight excluding hydrogens is 288 g/mol. The van der Waals surface area contributed by atoms with E-state index in [1.165, 1.54) is 5.56 Å². The fourth-order valence-corrected chi connectivity index (χ4v) is 3.15. The van der Waals surface area contributed by atoms with Crippen LogP contribution in [0.5, 0.6) is 0 Å². The van der Waals surface area contributed by atoms with Gasteiger partial charge in [-0.15, -0.1) is 0 Å². The SMILES string of the molecule is c1ccc(CN2CCC(Nc3ncnc4[nH]ncc34)CC2)cc1. The van der Waals surface area contributed by atoms with Crippen molar-refractivity contribution in [1.82, 2.24) is 25.1 Å². The van der Waals surface area contributed by atoms with Crippen LogP contribution in [0, 0.1) is 0 Å². The Bertz CT molecular complexity index is 761. The highest BCUT2D eigenvalue weighted by Gasteiger charge is 2.20. The van der Waals surface area contributed by atoms with Crippen molar-refractivity contribution in [2.45, 2.75) is 25.4 Å². The smallest absolute Gasteiger partial charge is 0.160 e. The zero-order chi connectivity index (χ0) is 15.5. The normalized spacial score (nSPS) is 16.7. The molecule has 23 heavy (non-hydrogen) atoms. The zero-order valence-electron chi connectivity index (χ0n) is 12.9. The van der Waals surface area contributed by atoms with Crippen LogP contribution in [-0.2, 0) is 6.54 Å². The summed E-state index contributed by atoms with van der Waals surface area (Å²) in [5.41, 5.74) is 2.17. The number of anilines is 1. The average Bonchev–Trinajstić information content (AvgIpc) is 3.07. The van der Waals surface area contributed by atoms with Crippen LogP contribution < -0.4 is 5.32 Å². The van der Waals surface area contributed by atoms with Gasteiger partial charge in [0.2, 0.25) is 0 Å². The lowest BCUT2D eigenvalue weighted by Gasteiger charge is -2.32. The van der Waals surface area contributed by atoms with Gasteiger partial charge < -0.3 is 5.32 Å². The summed E-state index contributed by atoms with van der Waals surface area (Å²) in [4.78, 5) is 11.1. The van der Waals surface area contributed by atoms with Crippen LogP contribution in [0.25, 0.3) is 11.0 Å². The highest BCUT2D eigenvalue weighted by atomic mass is 15.2. The van der Waals surface area contributed by atoms with E-state index in [1.807, 2.05) is 0 Å². The van der Waals surface area contributed by atoms with Gasteiger partial charge in [0.25, 0.3) is 0 Å². The van der Waals surface area contributed by atoms with Gasteiger partial charge >= 0.3 is 0 Å². The molecule has 2 aromatic heterocycles. The van der Waals surface area contributed by atoms with Crippen LogP contribution in [0.15, 0.2) is 42.9 Å². The molecule has 2 N–H and O–H groups in total. The molecule has 3 heterocycles. The molecule has 0 amide bonds. The lowest BCUT2D eigenvalue weighted by Crippen LogP contribution is -2.38. The monoisotopic (exact) mass is 308 g/mol. The van der Waals surface area contributed by atoms with E-state index in [2.05, 4.69) is 60.7 Å². The molecule has 0 bridgehead atoms. The first-order valence-corrected chi connectivity index (χ1v) is 8.05. The first-order chi connectivity index (χ1) is 11.4. The molecule has 0 atom stereocenters. The third-order valence-corrected chi connectivity index (χ3v) is 4.43. The second kappa shape index (κ2) is 6.34. The first kappa shape index (κ1) is 14.1. The third kappa shape index (κ3) is 3.17. The Morgan fingerprint density at radius 3 is 2.78 bits per heavy atom. The Hall–Kier alpha value is -2.47. The summed E-state index contributed by atoms with van der Waals surface area (Å²) in [6.07, 6.45) is 5.60. The van der Waals surface area contributed by atoms with Crippen molar-refractivity contribution < 1.29 is 0 Å². The van der Waals surface area contributed by atoms with E-state index >= 15 is 0 Å². The molecule has 1 saturated heterocycles. The molecule has 1 aromatic carbocycles. The standard InChI is InChI=1S/C17H20N6/c1-2-4-13(5-3-1)11-23-8-6-14(7-9-23)21-16-15-10-20-22-17(15)19-12-18-16/h1-5,10,12,14H,6-9,11H2,(H2,18,19,20,21,22). The van der Waals surface area contributed by atoms with E-state index in [1.54, 1.807) is 12.5 Å². The topological polar surface area (TPSA) is 69.7 Å². The molecular formula is C17H20N6. The quantitative estimate of drug-likeness (QED) is 0.774. The molecule has 1 fully saturated rings. The molecule has 3 aromatic rings. The van der Waals surface area contributed by atoms with E-state index in [-0.39, 0.29) is 0 Å². The molecule has 0 unspecified atom stereocenters. The molecule has 0 saturated carbocycles. The van der Waals surface area contributed by atoms with Gasteiger partial charge in [0.15, 0.2) is 5.65 Å². The van der Waals surface area contributed by atoms with Gasteiger partial charge in [-0.25, -0.2) is 9.97 Å². The number of nitrogens with zero attached hydrogens (tertiary/aromatic N) is 4. The molecule has 6 heteroatoms.